The van der Waals surface area contributed by atoms with Crippen LogP contribution >= 0.6 is 0 Å². The molecule has 0 bridgehead atoms. The molecule has 2 aromatic heterocycles. The number of aromatic nitrogens is 5. The van der Waals surface area contributed by atoms with Crippen LogP contribution in [0.2, 0.25) is 0 Å². The molecule has 0 radical (unpaired) electrons. The van der Waals surface area contributed by atoms with Crippen molar-refractivity contribution in [2.24, 2.45) is 0 Å². The van der Waals surface area contributed by atoms with E-state index in [1.165, 1.54) is 10.7 Å². The average Bonchev–Trinajstić information content (AvgIpc) is 3.29. The molecule has 26 heavy (non-hydrogen) atoms. The molecule has 0 saturated heterocycles. The van der Waals surface area contributed by atoms with E-state index in [1.807, 2.05) is 31.2 Å². The second-order valence-corrected chi connectivity index (χ2v) is 5.62. The number of nitrogen functional groups attached to an aromatic ring is 1. The van der Waals surface area contributed by atoms with Crippen LogP contribution in [-0.2, 0) is 6.42 Å². The van der Waals surface area contributed by atoms with Gasteiger partial charge in [0.05, 0.1) is 11.3 Å². The van der Waals surface area contributed by atoms with Gasteiger partial charge in [0.2, 0.25) is 5.82 Å². The highest BCUT2D eigenvalue weighted by atomic mass is 19.1. The number of para-hydroxylation sites is 1. The minimum atomic E-state index is -0.437. The van der Waals surface area contributed by atoms with Crippen molar-refractivity contribution in [1.29, 1.82) is 0 Å². The first kappa shape index (κ1) is 15.9. The van der Waals surface area contributed by atoms with E-state index < -0.39 is 5.82 Å². The second kappa shape index (κ2) is 6.40. The van der Waals surface area contributed by atoms with Crippen molar-refractivity contribution in [3.05, 3.63) is 59.9 Å². The van der Waals surface area contributed by atoms with Gasteiger partial charge in [0.15, 0.2) is 11.5 Å². The van der Waals surface area contributed by atoms with Gasteiger partial charge >= 0.3 is 0 Å². The highest BCUT2D eigenvalue weighted by Crippen LogP contribution is 2.28. The SMILES string of the molecule is CCc1ccccc1-n1nnc(-c2nc(-c3ccccc3F)no2)c1N. The Morgan fingerprint density at radius 1 is 1.12 bits per heavy atom. The lowest BCUT2D eigenvalue weighted by Crippen LogP contribution is -2.05. The highest BCUT2D eigenvalue weighted by Gasteiger charge is 2.21. The molecule has 2 aromatic carbocycles. The molecular formula is C18H15FN6O. The summed E-state index contributed by atoms with van der Waals surface area (Å²) in [7, 11) is 0. The van der Waals surface area contributed by atoms with Crippen LogP contribution in [0.1, 0.15) is 12.5 Å². The first-order valence-corrected chi connectivity index (χ1v) is 8.07. The Morgan fingerprint density at radius 2 is 1.88 bits per heavy atom. The number of nitrogens with two attached hydrogens (primary N) is 1. The number of aryl methyl sites for hydroxylation is 1. The predicted molar refractivity (Wildman–Crippen MR) is 93.8 cm³/mol. The monoisotopic (exact) mass is 350 g/mol. The first-order valence-electron chi connectivity index (χ1n) is 8.07. The maximum absolute atomic E-state index is 13.9. The number of rotatable bonds is 4. The maximum atomic E-state index is 13.9. The molecule has 7 nitrogen and oxygen atoms in total. The number of halogens is 1. The molecule has 4 aromatic rings. The van der Waals surface area contributed by atoms with Gasteiger partial charge in [-0.25, -0.2) is 4.39 Å². The van der Waals surface area contributed by atoms with Crippen molar-refractivity contribution in [3.63, 3.8) is 0 Å². The van der Waals surface area contributed by atoms with E-state index in [2.05, 4.69) is 20.5 Å². The minimum Gasteiger partial charge on any atom is -0.382 e. The zero-order valence-electron chi connectivity index (χ0n) is 13.9. The van der Waals surface area contributed by atoms with Crippen molar-refractivity contribution in [2.75, 3.05) is 5.73 Å². The van der Waals surface area contributed by atoms with Crippen LogP contribution < -0.4 is 5.73 Å². The molecule has 0 unspecified atom stereocenters. The number of hydrogen-bond acceptors (Lipinski definition) is 6. The summed E-state index contributed by atoms with van der Waals surface area (Å²) in [5.74, 6) is 0.0463. The van der Waals surface area contributed by atoms with Gasteiger partial charge in [0, 0.05) is 0 Å². The molecule has 0 aliphatic heterocycles. The Hall–Kier alpha value is -3.55. The highest BCUT2D eigenvalue weighted by molar-refractivity contribution is 5.66. The summed E-state index contributed by atoms with van der Waals surface area (Å²) < 4.78 is 20.6. The largest absolute Gasteiger partial charge is 0.382 e. The van der Waals surface area contributed by atoms with E-state index in [0.29, 0.717) is 0 Å². The fourth-order valence-corrected chi connectivity index (χ4v) is 2.71. The summed E-state index contributed by atoms with van der Waals surface area (Å²) in [6.07, 6.45) is 0.822. The standard InChI is InChI=1S/C18H15FN6O/c1-2-11-7-3-6-10-14(11)25-16(20)15(22-24-25)18-21-17(23-26-18)12-8-4-5-9-13(12)19/h3-10H,2,20H2,1H3. The van der Waals surface area contributed by atoms with Crippen molar-refractivity contribution in [2.45, 2.75) is 13.3 Å². The van der Waals surface area contributed by atoms with E-state index in [4.69, 9.17) is 10.3 Å². The lowest BCUT2D eigenvalue weighted by atomic mass is 10.1. The van der Waals surface area contributed by atoms with Gasteiger partial charge in [-0.05, 0) is 30.2 Å². The number of anilines is 1. The summed E-state index contributed by atoms with van der Waals surface area (Å²) in [4.78, 5) is 4.21. The topological polar surface area (TPSA) is 95.6 Å². The fraction of sp³-hybridized carbons (Fsp3) is 0.111. The van der Waals surface area contributed by atoms with Gasteiger partial charge in [-0.15, -0.1) is 5.10 Å². The summed E-state index contributed by atoms with van der Waals surface area (Å²) in [6.45, 7) is 2.05. The maximum Gasteiger partial charge on any atom is 0.282 e. The van der Waals surface area contributed by atoms with E-state index in [9.17, 15) is 4.39 Å². The molecule has 0 amide bonds. The zero-order valence-corrected chi connectivity index (χ0v) is 13.9. The molecule has 2 N–H and O–H groups in total. The predicted octanol–water partition coefficient (Wildman–Crippen LogP) is 3.27. The molecule has 0 saturated carbocycles. The molecular weight excluding hydrogens is 335 g/mol. The summed E-state index contributed by atoms with van der Waals surface area (Å²) in [6, 6.07) is 14.0. The molecule has 8 heteroatoms. The van der Waals surface area contributed by atoms with E-state index in [-0.39, 0.29) is 28.8 Å². The van der Waals surface area contributed by atoms with E-state index >= 15 is 0 Å². The smallest absolute Gasteiger partial charge is 0.282 e. The second-order valence-electron chi connectivity index (χ2n) is 5.62. The molecule has 0 atom stereocenters. The third-order valence-corrected chi connectivity index (χ3v) is 4.05. The molecule has 0 aliphatic carbocycles. The Bertz CT molecular complexity index is 1070. The molecule has 2 heterocycles. The van der Waals surface area contributed by atoms with E-state index in [0.717, 1.165) is 17.7 Å². The van der Waals surface area contributed by atoms with Crippen LogP contribution in [0.25, 0.3) is 28.7 Å². The quantitative estimate of drug-likeness (QED) is 0.607. The Labute approximate surface area is 148 Å². The lowest BCUT2D eigenvalue weighted by molar-refractivity contribution is 0.430. The van der Waals surface area contributed by atoms with Gasteiger partial charge in [0.1, 0.15) is 5.82 Å². The number of benzene rings is 2. The summed E-state index contributed by atoms with van der Waals surface area (Å²) in [5.41, 5.74) is 8.61. The first-order chi connectivity index (χ1) is 12.7. The van der Waals surface area contributed by atoms with Crippen molar-refractivity contribution < 1.29 is 8.91 Å². The van der Waals surface area contributed by atoms with Crippen LogP contribution in [0, 0.1) is 5.82 Å². The van der Waals surface area contributed by atoms with Crippen LogP contribution in [0.5, 0.6) is 0 Å². The van der Waals surface area contributed by atoms with Gasteiger partial charge in [0.25, 0.3) is 5.89 Å². The molecule has 0 spiro atoms. The van der Waals surface area contributed by atoms with Gasteiger partial charge in [-0.3, -0.25) is 0 Å². The number of hydrogen-bond donors (Lipinski definition) is 1. The Balaban J connectivity index is 1.75. The average molecular weight is 350 g/mol. The summed E-state index contributed by atoms with van der Waals surface area (Å²) in [5, 5.41) is 12.0. The minimum absolute atomic E-state index is 0.0842. The van der Waals surface area contributed by atoms with Gasteiger partial charge < -0.3 is 10.3 Å². The van der Waals surface area contributed by atoms with Crippen molar-refractivity contribution in [3.8, 4) is 28.7 Å². The van der Waals surface area contributed by atoms with Crippen molar-refractivity contribution in [1.82, 2.24) is 25.1 Å². The lowest BCUT2D eigenvalue weighted by Gasteiger charge is -2.07. The third kappa shape index (κ3) is 2.61. The van der Waals surface area contributed by atoms with Crippen molar-refractivity contribution >= 4 is 5.82 Å². The van der Waals surface area contributed by atoms with Gasteiger partial charge in [-0.1, -0.05) is 47.6 Å². The summed E-state index contributed by atoms with van der Waals surface area (Å²) >= 11 is 0. The fourth-order valence-electron chi connectivity index (χ4n) is 2.71. The normalized spacial score (nSPS) is 11.0. The zero-order chi connectivity index (χ0) is 18.1. The Kier molecular flexibility index (Phi) is 3.92. The molecule has 0 aliphatic rings. The van der Waals surface area contributed by atoms with Crippen LogP contribution in [0.15, 0.2) is 53.1 Å². The van der Waals surface area contributed by atoms with Gasteiger partial charge in [-0.2, -0.15) is 9.67 Å². The van der Waals surface area contributed by atoms with E-state index in [1.54, 1.807) is 18.2 Å². The third-order valence-electron chi connectivity index (χ3n) is 4.05. The van der Waals surface area contributed by atoms with Crippen LogP contribution in [0.3, 0.4) is 0 Å². The number of nitrogens with zero attached hydrogens (tertiary/aromatic N) is 5. The Morgan fingerprint density at radius 3 is 2.69 bits per heavy atom. The van der Waals surface area contributed by atoms with Crippen LogP contribution in [0.4, 0.5) is 10.2 Å². The van der Waals surface area contributed by atoms with Crippen LogP contribution in [-0.4, -0.2) is 25.1 Å². The molecule has 4 rings (SSSR count). The molecule has 130 valence electrons. The molecule has 0 fully saturated rings.